The molecule has 0 aliphatic heterocycles. The largest absolute Gasteiger partial charge is 0.444 e. The van der Waals surface area contributed by atoms with Gasteiger partial charge in [-0.15, -0.1) is 0 Å². The van der Waals surface area contributed by atoms with Crippen LogP contribution in [0.4, 0.5) is 13.6 Å². The van der Waals surface area contributed by atoms with Crippen LogP contribution in [0.25, 0.3) is 0 Å². The summed E-state index contributed by atoms with van der Waals surface area (Å²) in [5.41, 5.74) is -0.598. The number of ether oxygens (including phenoxy) is 1. The van der Waals surface area contributed by atoms with E-state index in [-0.39, 0.29) is 0 Å². The fourth-order valence-electron chi connectivity index (χ4n) is 2.10. The number of alkyl halides is 2. The second-order valence-corrected chi connectivity index (χ2v) is 5.54. The number of hydrogen-bond donors (Lipinski definition) is 1. The maximum atomic E-state index is 12.8. The molecule has 0 aromatic carbocycles. The third-order valence-corrected chi connectivity index (χ3v) is 2.85. The summed E-state index contributed by atoms with van der Waals surface area (Å²) < 4.78 is 30.6. The zero-order chi connectivity index (χ0) is 13.1. The molecule has 1 saturated carbocycles. The van der Waals surface area contributed by atoms with Crippen molar-refractivity contribution in [3.05, 3.63) is 0 Å². The molecule has 2 atom stereocenters. The Labute approximate surface area is 101 Å². The minimum atomic E-state index is -2.38. The van der Waals surface area contributed by atoms with E-state index in [0.717, 1.165) is 12.8 Å². The molecule has 17 heavy (non-hydrogen) atoms. The summed E-state index contributed by atoms with van der Waals surface area (Å²) >= 11 is 0. The highest BCUT2D eigenvalue weighted by atomic mass is 19.3. The molecule has 0 spiro atoms. The Bertz CT molecular complexity index is 264. The molecule has 0 bridgehead atoms. The number of carbonyl (C=O) groups is 1. The third kappa shape index (κ3) is 4.88. The van der Waals surface area contributed by atoms with Gasteiger partial charge in [-0.1, -0.05) is 12.8 Å². The van der Waals surface area contributed by atoms with Crippen LogP contribution < -0.4 is 5.32 Å². The standard InChI is InChI=1S/C12H21F2NO2/c1-12(2,3)17-11(16)15-9-7-5-4-6-8(9)10(13)14/h8-10H,4-7H2,1-3H3,(H,15,16)/t8-,9+/m1/s1. The molecule has 0 unspecified atom stereocenters. The molecule has 1 N–H and O–H groups in total. The van der Waals surface area contributed by atoms with Crippen molar-refractivity contribution in [2.75, 3.05) is 0 Å². The molecular formula is C12H21F2NO2. The molecule has 0 saturated heterocycles. The van der Waals surface area contributed by atoms with E-state index in [1.165, 1.54) is 0 Å². The molecule has 1 aliphatic rings. The van der Waals surface area contributed by atoms with Gasteiger partial charge in [0, 0.05) is 12.0 Å². The Morgan fingerprint density at radius 2 is 1.88 bits per heavy atom. The lowest BCUT2D eigenvalue weighted by Crippen LogP contribution is -2.46. The number of hydrogen-bond acceptors (Lipinski definition) is 2. The zero-order valence-corrected chi connectivity index (χ0v) is 10.6. The van der Waals surface area contributed by atoms with Crippen molar-refractivity contribution in [1.82, 2.24) is 5.32 Å². The van der Waals surface area contributed by atoms with Gasteiger partial charge in [-0.05, 0) is 33.6 Å². The SMILES string of the molecule is CC(C)(C)OC(=O)N[C@H]1CCCC[C@H]1C(F)F. The Hall–Kier alpha value is -0.870. The minimum Gasteiger partial charge on any atom is -0.444 e. The summed E-state index contributed by atoms with van der Waals surface area (Å²) in [6.07, 6.45) is -0.220. The quantitative estimate of drug-likeness (QED) is 0.815. The minimum absolute atomic E-state index is 0.460. The van der Waals surface area contributed by atoms with Gasteiger partial charge in [-0.2, -0.15) is 0 Å². The Morgan fingerprint density at radius 3 is 2.41 bits per heavy atom. The first-order valence-corrected chi connectivity index (χ1v) is 6.07. The summed E-state index contributed by atoms with van der Waals surface area (Å²) in [5, 5.41) is 2.57. The van der Waals surface area contributed by atoms with E-state index < -0.39 is 30.1 Å². The highest BCUT2D eigenvalue weighted by Gasteiger charge is 2.33. The molecule has 1 aliphatic carbocycles. The first-order valence-electron chi connectivity index (χ1n) is 6.07. The van der Waals surface area contributed by atoms with Crippen molar-refractivity contribution < 1.29 is 18.3 Å². The lowest BCUT2D eigenvalue weighted by Gasteiger charge is -2.32. The van der Waals surface area contributed by atoms with E-state index in [1.54, 1.807) is 20.8 Å². The van der Waals surface area contributed by atoms with Gasteiger partial charge in [0.25, 0.3) is 0 Å². The van der Waals surface area contributed by atoms with Crippen LogP contribution in [0.3, 0.4) is 0 Å². The molecule has 1 rings (SSSR count). The summed E-state index contributed by atoms with van der Waals surface area (Å²) in [4.78, 5) is 11.5. The average Bonchev–Trinajstić information content (AvgIpc) is 2.14. The van der Waals surface area contributed by atoms with E-state index in [1.807, 2.05) is 0 Å². The van der Waals surface area contributed by atoms with Crippen LogP contribution in [0.1, 0.15) is 46.5 Å². The Morgan fingerprint density at radius 1 is 1.29 bits per heavy atom. The van der Waals surface area contributed by atoms with Gasteiger partial charge in [0.1, 0.15) is 5.60 Å². The summed E-state index contributed by atoms with van der Waals surface area (Å²) in [7, 11) is 0. The second kappa shape index (κ2) is 5.65. The fraction of sp³-hybridized carbons (Fsp3) is 0.917. The van der Waals surface area contributed by atoms with Crippen LogP contribution >= 0.6 is 0 Å². The van der Waals surface area contributed by atoms with Gasteiger partial charge in [0.2, 0.25) is 6.43 Å². The fourth-order valence-corrected chi connectivity index (χ4v) is 2.10. The van der Waals surface area contributed by atoms with Crippen molar-refractivity contribution in [3.8, 4) is 0 Å². The number of rotatable bonds is 2. The second-order valence-electron chi connectivity index (χ2n) is 5.54. The number of amides is 1. The van der Waals surface area contributed by atoms with Crippen LogP contribution in [0.2, 0.25) is 0 Å². The van der Waals surface area contributed by atoms with Crippen LogP contribution in [0, 0.1) is 5.92 Å². The number of alkyl carbamates (subject to hydrolysis) is 1. The molecule has 3 nitrogen and oxygen atoms in total. The van der Waals surface area contributed by atoms with Crippen molar-refractivity contribution in [2.24, 2.45) is 5.92 Å². The molecular weight excluding hydrogens is 228 g/mol. The van der Waals surface area contributed by atoms with Crippen molar-refractivity contribution in [1.29, 1.82) is 0 Å². The molecule has 100 valence electrons. The first-order chi connectivity index (χ1) is 7.79. The van der Waals surface area contributed by atoms with Crippen LogP contribution in [-0.2, 0) is 4.74 Å². The van der Waals surface area contributed by atoms with Gasteiger partial charge in [0.15, 0.2) is 0 Å². The Balaban J connectivity index is 2.50. The lowest BCUT2D eigenvalue weighted by molar-refractivity contribution is 0.0209. The average molecular weight is 249 g/mol. The summed E-state index contributed by atoms with van der Waals surface area (Å²) in [6, 6.07) is -0.460. The number of halogens is 2. The predicted molar refractivity (Wildman–Crippen MR) is 61.1 cm³/mol. The number of nitrogens with one attached hydrogen (secondary N) is 1. The topological polar surface area (TPSA) is 38.3 Å². The maximum Gasteiger partial charge on any atom is 0.407 e. The van der Waals surface area contributed by atoms with Crippen LogP contribution in [0.15, 0.2) is 0 Å². The highest BCUT2D eigenvalue weighted by Crippen LogP contribution is 2.29. The van der Waals surface area contributed by atoms with Crippen molar-refractivity contribution in [2.45, 2.75) is 64.5 Å². The molecule has 0 aromatic rings. The zero-order valence-electron chi connectivity index (χ0n) is 10.6. The van der Waals surface area contributed by atoms with Gasteiger partial charge in [-0.25, -0.2) is 13.6 Å². The van der Waals surface area contributed by atoms with Gasteiger partial charge in [-0.3, -0.25) is 0 Å². The highest BCUT2D eigenvalue weighted by molar-refractivity contribution is 5.68. The lowest BCUT2D eigenvalue weighted by atomic mass is 9.85. The van der Waals surface area contributed by atoms with Crippen LogP contribution in [-0.4, -0.2) is 24.2 Å². The molecule has 5 heteroatoms. The van der Waals surface area contributed by atoms with Gasteiger partial charge >= 0.3 is 6.09 Å². The van der Waals surface area contributed by atoms with Gasteiger partial charge < -0.3 is 10.1 Å². The molecule has 0 radical (unpaired) electrons. The monoisotopic (exact) mass is 249 g/mol. The third-order valence-electron chi connectivity index (χ3n) is 2.85. The van der Waals surface area contributed by atoms with Gasteiger partial charge in [0.05, 0.1) is 0 Å². The van der Waals surface area contributed by atoms with Crippen LogP contribution in [0.5, 0.6) is 0 Å². The molecule has 1 fully saturated rings. The smallest absolute Gasteiger partial charge is 0.407 e. The predicted octanol–water partition coefficient (Wildman–Crippen LogP) is 3.34. The van der Waals surface area contributed by atoms with E-state index in [9.17, 15) is 13.6 Å². The molecule has 0 heterocycles. The summed E-state index contributed by atoms with van der Waals surface area (Å²) in [6.45, 7) is 5.24. The molecule has 1 amide bonds. The normalized spacial score (nSPS) is 25.8. The van der Waals surface area contributed by atoms with E-state index in [4.69, 9.17) is 4.74 Å². The van der Waals surface area contributed by atoms with E-state index >= 15 is 0 Å². The van der Waals surface area contributed by atoms with Crippen molar-refractivity contribution in [3.63, 3.8) is 0 Å². The number of carbonyl (C=O) groups excluding carboxylic acids is 1. The Kier molecular flexibility index (Phi) is 4.71. The van der Waals surface area contributed by atoms with Crippen molar-refractivity contribution >= 4 is 6.09 Å². The molecule has 0 aromatic heterocycles. The van der Waals surface area contributed by atoms with E-state index in [2.05, 4.69) is 5.32 Å². The van der Waals surface area contributed by atoms with E-state index in [0.29, 0.717) is 12.8 Å². The maximum absolute atomic E-state index is 12.8. The summed E-state index contributed by atoms with van der Waals surface area (Å²) in [5.74, 6) is -0.740. The first kappa shape index (κ1) is 14.2.